The van der Waals surface area contributed by atoms with E-state index in [1.807, 2.05) is 12.1 Å². The van der Waals surface area contributed by atoms with Crippen LogP contribution in [-0.4, -0.2) is 18.6 Å². The summed E-state index contributed by atoms with van der Waals surface area (Å²) < 4.78 is 5.12. The van der Waals surface area contributed by atoms with Gasteiger partial charge in [0.15, 0.2) is 0 Å². The van der Waals surface area contributed by atoms with Gasteiger partial charge in [0.25, 0.3) is 0 Å². The molecule has 17 heavy (non-hydrogen) atoms. The second-order valence-electron chi connectivity index (χ2n) is 5.40. The van der Waals surface area contributed by atoms with Gasteiger partial charge in [0.2, 0.25) is 5.88 Å². The Morgan fingerprint density at radius 1 is 1.41 bits per heavy atom. The minimum atomic E-state index is 0.683. The maximum atomic E-state index is 5.12. The summed E-state index contributed by atoms with van der Waals surface area (Å²) in [6.45, 7) is 1.11. The molecule has 3 rings (SSSR count). The van der Waals surface area contributed by atoms with Gasteiger partial charge in [0.05, 0.1) is 7.11 Å². The van der Waals surface area contributed by atoms with Gasteiger partial charge in [-0.25, -0.2) is 4.98 Å². The molecular weight excluding hydrogens is 212 g/mol. The van der Waals surface area contributed by atoms with Gasteiger partial charge in [0.1, 0.15) is 0 Å². The highest BCUT2D eigenvalue weighted by Crippen LogP contribution is 2.48. The number of aromatic nitrogens is 1. The van der Waals surface area contributed by atoms with Gasteiger partial charge in [-0.15, -0.1) is 0 Å². The van der Waals surface area contributed by atoms with Crippen LogP contribution >= 0.6 is 0 Å². The lowest BCUT2D eigenvalue weighted by Crippen LogP contribution is -2.20. The summed E-state index contributed by atoms with van der Waals surface area (Å²) in [4.78, 5) is 4.11. The number of methoxy groups -OCH3 is 1. The molecule has 0 spiro atoms. The molecule has 3 atom stereocenters. The monoisotopic (exact) mass is 232 g/mol. The zero-order valence-corrected chi connectivity index (χ0v) is 10.4. The molecule has 0 radical (unpaired) electrons. The van der Waals surface area contributed by atoms with Crippen molar-refractivity contribution >= 4 is 5.69 Å². The van der Waals surface area contributed by atoms with Gasteiger partial charge in [-0.1, -0.05) is 6.42 Å². The lowest BCUT2D eigenvalue weighted by atomic mass is 9.89. The fourth-order valence-electron chi connectivity index (χ4n) is 3.51. The number of ether oxygens (including phenoxy) is 1. The number of hydrogen-bond acceptors (Lipinski definition) is 3. The molecule has 1 aromatic rings. The van der Waals surface area contributed by atoms with Crippen molar-refractivity contribution in [3.05, 3.63) is 18.3 Å². The Morgan fingerprint density at radius 3 is 3.06 bits per heavy atom. The topological polar surface area (TPSA) is 34.1 Å². The minimum absolute atomic E-state index is 0.683. The molecule has 3 heteroatoms. The fourth-order valence-corrected chi connectivity index (χ4v) is 3.51. The number of pyridine rings is 1. The second kappa shape index (κ2) is 4.55. The maximum Gasteiger partial charge on any atom is 0.214 e. The Hall–Kier alpha value is -1.25. The zero-order chi connectivity index (χ0) is 11.7. The van der Waals surface area contributed by atoms with E-state index < -0.39 is 0 Å². The van der Waals surface area contributed by atoms with Crippen LogP contribution in [0.25, 0.3) is 0 Å². The van der Waals surface area contributed by atoms with Crippen molar-refractivity contribution in [2.24, 2.45) is 17.8 Å². The lowest BCUT2D eigenvalue weighted by molar-refractivity contribution is 0.348. The first-order valence-corrected chi connectivity index (χ1v) is 6.59. The van der Waals surface area contributed by atoms with Crippen molar-refractivity contribution in [2.45, 2.75) is 25.7 Å². The second-order valence-corrected chi connectivity index (χ2v) is 5.40. The SMILES string of the molecule is COc1cc(NCC2CC3CCC2C3)ccn1. The highest BCUT2D eigenvalue weighted by atomic mass is 16.5. The van der Waals surface area contributed by atoms with Crippen molar-refractivity contribution in [2.75, 3.05) is 19.0 Å². The van der Waals surface area contributed by atoms with E-state index >= 15 is 0 Å². The van der Waals surface area contributed by atoms with Gasteiger partial charge in [-0.2, -0.15) is 0 Å². The van der Waals surface area contributed by atoms with Crippen LogP contribution in [0, 0.1) is 17.8 Å². The van der Waals surface area contributed by atoms with E-state index in [2.05, 4.69) is 10.3 Å². The quantitative estimate of drug-likeness (QED) is 0.866. The Balaban J connectivity index is 1.56. The fraction of sp³-hybridized carbons (Fsp3) is 0.643. The molecule has 1 N–H and O–H groups in total. The van der Waals surface area contributed by atoms with Crippen LogP contribution in [0.2, 0.25) is 0 Å². The van der Waals surface area contributed by atoms with Crippen LogP contribution < -0.4 is 10.1 Å². The van der Waals surface area contributed by atoms with E-state index in [0.29, 0.717) is 5.88 Å². The highest BCUT2D eigenvalue weighted by Gasteiger charge is 2.38. The summed E-state index contributed by atoms with van der Waals surface area (Å²) in [5.74, 6) is 3.57. The molecule has 1 heterocycles. The Labute approximate surface area is 103 Å². The van der Waals surface area contributed by atoms with Crippen molar-refractivity contribution in [3.8, 4) is 5.88 Å². The van der Waals surface area contributed by atoms with E-state index in [1.165, 1.54) is 25.7 Å². The number of hydrogen-bond donors (Lipinski definition) is 1. The standard InChI is InChI=1S/C14H20N2O/c1-17-14-8-13(4-5-15-14)16-9-12-7-10-2-3-11(12)6-10/h4-5,8,10-12H,2-3,6-7,9H2,1H3,(H,15,16). The maximum absolute atomic E-state index is 5.12. The average molecular weight is 232 g/mol. The third kappa shape index (κ3) is 2.24. The van der Waals surface area contributed by atoms with Crippen LogP contribution in [-0.2, 0) is 0 Å². The number of anilines is 1. The number of fused-ring (bicyclic) bond motifs is 2. The van der Waals surface area contributed by atoms with Gasteiger partial charge >= 0.3 is 0 Å². The minimum Gasteiger partial charge on any atom is -0.481 e. The summed E-state index contributed by atoms with van der Waals surface area (Å²) >= 11 is 0. The first-order chi connectivity index (χ1) is 8.35. The molecule has 1 aromatic heterocycles. The van der Waals surface area contributed by atoms with Gasteiger partial charge in [-0.05, 0) is 43.1 Å². The van der Waals surface area contributed by atoms with Crippen LogP contribution in [0.15, 0.2) is 18.3 Å². The first-order valence-electron chi connectivity index (χ1n) is 6.59. The normalized spacial score (nSPS) is 30.5. The summed E-state index contributed by atoms with van der Waals surface area (Å²) in [6.07, 6.45) is 7.63. The lowest BCUT2D eigenvalue weighted by Gasteiger charge is -2.22. The van der Waals surface area contributed by atoms with Crippen molar-refractivity contribution < 1.29 is 4.74 Å². The Kier molecular flexibility index (Phi) is 2.91. The molecule has 2 aliphatic rings. The first kappa shape index (κ1) is 10.9. The predicted molar refractivity (Wildman–Crippen MR) is 68.2 cm³/mol. The van der Waals surface area contributed by atoms with Crippen molar-refractivity contribution in [1.82, 2.24) is 4.98 Å². The molecule has 0 amide bonds. The van der Waals surface area contributed by atoms with Gasteiger partial charge in [0, 0.05) is 24.5 Å². The van der Waals surface area contributed by atoms with Crippen LogP contribution in [0.5, 0.6) is 5.88 Å². The Morgan fingerprint density at radius 2 is 2.35 bits per heavy atom. The summed E-state index contributed by atoms with van der Waals surface area (Å²) in [5, 5.41) is 3.53. The van der Waals surface area contributed by atoms with Crippen LogP contribution in [0.1, 0.15) is 25.7 Å². The molecule has 2 fully saturated rings. The number of nitrogens with one attached hydrogen (secondary N) is 1. The molecule has 0 aromatic carbocycles. The van der Waals surface area contributed by atoms with Crippen LogP contribution in [0.3, 0.4) is 0 Å². The zero-order valence-electron chi connectivity index (χ0n) is 10.4. The third-order valence-corrected chi connectivity index (χ3v) is 4.40. The summed E-state index contributed by atoms with van der Waals surface area (Å²) in [5.41, 5.74) is 1.12. The molecule has 92 valence electrons. The molecule has 3 nitrogen and oxygen atoms in total. The van der Waals surface area contributed by atoms with Crippen LogP contribution in [0.4, 0.5) is 5.69 Å². The van der Waals surface area contributed by atoms with E-state index in [0.717, 1.165) is 30.0 Å². The molecule has 2 aliphatic carbocycles. The summed E-state index contributed by atoms with van der Waals surface area (Å²) in [6, 6.07) is 3.98. The van der Waals surface area contributed by atoms with E-state index in [1.54, 1.807) is 13.3 Å². The molecule has 3 unspecified atom stereocenters. The molecular formula is C14H20N2O. The number of rotatable bonds is 4. The van der Waals surface area contributed by atoms with Crippen molar-refractivity contribution in [3.63, 3.8) is 0 Å². The van der Waals surface area contributed by atoms with E-state index in [4.69, 9.17) is 4.74 Å². The van der Waals surface area contributed by atoms with E-state index in [9.17, 15) is 0 Å². The van der Waals surface area contributed by atoms with Gasteiger partial charge < -0.3 is 10.1 Å². The molecule has 0 saturated heterocycles. The predicted octanol–water partition coefficient (Wildman–Crippen LogP) is 2.94. The Bertz CT molecular complexity index is 394. The molecule has 2 saturated carbocycles. The highest BCUT2D eigenvalue weighted by molar-refractivity contribution is 5.45. The van der Waals surface area contributed by atoms with Crippen molar-refractivity contribution in [1.29, 1.82) is 0 Å². The van der Waals surface area contributed by atoms with Gasteiger partial charge in [-0.3, -0.25) is 0 Å². The van der Waals surface area contributed by atoms with E-state index in [-0.39, 0.29) is 0 Å². The smallest absolute Gasteiger partial charge is 0.214 e. The number of nitrogens with zero attached hydrogens (tertiary/aromatic N) is 1. The molecule has 0 aliphatic heterocycles. The molecule has 2 bridgehead atoms. The largest absolute Gasteiger partial charge is 0.481 e. The third-order valence-electron chi connectivity index (χ3n) is 4.40. The average Bonchev–Trinajstić information content (AvgIpc) is 2.99. The summed E-state index contributed by atoms with van der Waals surface area (Å²) in [7, 11) is 1.65.